The van der Waals surface area contributed by atoms with Crippen LogP contribution in [0.5, 0.6) is 11.5 Å². The third kappa shape index (κ3) is 7.75. The van der Waals surface area contributed by atoms with Gasteiger partial charge in [0.1, 0.15) is 18.1 Å². The largest absolute Gasteiger partial charge is 0.490 e. The number of rotatable bonds is 10. The van der Waals surface area contributed by atoms with Gasteiger partial charge in [0.2, 0.25) is 0 Å². The molecular weight excluding hydrogens is 370 g/mol. The second kappa shape index (κ2) is 11.7. The molecule has 0 bridgehead atoms. The third-order valence-corrected chi connectivity index (χ3v) is 3.55. The van der Waals surface area contributed by atoms with Crippen LogP contribution in [0.1, 0.15) is 18.6 Å². The van der Waals surface area contributed by atoms with Crippen molar-refractivity contribution >= 4 is 5.96 Å². The van der Waals surface area contributed by atoms with E-state index in [1.807, 2.05) is 13.0 Å². The van der Waals surface area contributed by atoms with Gasteiger partial charge >= 0.3 is 6.61 Å². The van der Waals surface area contributed by atoms with Gasteiger partial charge in [-0.25, -0.2) is 0 Å². The number of aliphatic hydroxyl groups excluding tert-OH is 1. The van der Waals surface area contributed by atoms with Crippen molar-refractivity contribution in [2.75, 3.05) is 26.2 Å². The molecule has 0 saturated heterocycles. The fraction of sp³-hybridized carbons (Fsp3) is 0.368. The number of hydrogen-bond donors (Lipinski definition) is 3. The van der Waals surface area contributed by atoms with Crippen LogP contribution in [0.15, 0.2) is 53.8 Å². The van der Waals surface area contributed by atoms with Gasteiger partial charge in [-0.05, 0) is 36.8 Å². The molecule has 2 aromatic rings. The highest BCUT2D eigenvalue weighted by Gasteiger charge is 2.09. The van der Waals surface area contributed by atoms with E-state index in [1.165, 1.54) is 24.3 Å². The fourth-order valence-corrected chi connectivity index (χ4v) is 2.27. The van der Waals surface area contributed by atoms with E-state index in [-0.39, 0.29) is 12.3 Å². The Hall–Kier alpha value is -2.94. The quantitative estimate of drug-likeness (QED) is 0.326. The number of benzene rings is 1. The highest BCUT2D eigenvalue weighted by molar-refractivity contribution is 5.79. The minimum absolute atomic E-state index is 0.0399. The first-order chi connectivity index (χ1) is 13.6. The Morgan fingerprint density at radius 1 is 1.18 bits per heavy atom. The maximum Gasteiger partial charge on any atom is 0.387 e. The van der Waals surface area contributed by atoms with Gasteiger partial charge in [0.25, 0.3) is 0 Å². The van der Waals surface area contributed by atoms with E-state index in [0.717, 1.165) is 0 Å². The highest BCUT2D eigenvalue weighted by atomic mass is 19.3. The molecular formula is C19H24F2N4O3. The maximum atomic E-state index is 12.2. The number of aliphatic imine (C=N–C) groups is 1. The highest BCUT2D eigenvalue weighted by Crippen LogP contribution is 2.19. The molecule has 0 aliphatic rings. The van der Waals surface area contributed by atoms with E-state index in [1.54, 1.807) is 18.5 Å². The Morgan fingerprint density at radius 2 is 1.96 bits per heavy atom. The van der Waals surface area contributed by atoms with E-state index in [2.05, 4.69) is 25.3 Å². The second-order valence-electron chi connectivity index (χ2n) is 5.65. The molecule has 1 unspecified atom stereocenters. The molecule has 1 atom stereocenters. The van der Waals surface area contributed by atoms with E-state index >= 15 is 0 Å². The van der Waals surface area contributed by atoms with Crippen molar-refractivity contribution in [3.05, 3.63) is 54.4 Å². The standard InChI is InChI=1S/C19H24F2N4O3/c1-2-23-19(24-10-11-27-16-4-3-9-22-12-16)25-13-17(26)14-5-7-15(8-6-14)28-18(20)21/h3-9,12,17-18,26H,2,10-11,13H2,1H3,(H2,23,24,25). The first-order valence-electron chi connectivity index (χ1n) is 8.86. The van der Waals surface area contributed by atoms with Gasteiger partial charge < -0.3 is 25.2 Å². The number of nitrogens with one attached hydrogen (secondary N) is 2. The van der Waals surface area contributed by atoms with Gasteiger partial charge in [0.15, 0.2) is 5.96 Å². The van der Waals surface area contributed by atoms with Gasteiger partial charge in [-0.3, -0.25) is 9.98 Å². The van der Waals surface area contributed by atoms with E-state index in [0.29, 0.717) is 37.0 Å². The Balaban J connectivity index is 1.81. The van der Waals surface area contributed by atoms with Crippen molar-refractivity contribution in [2.45, 2.75) is 19.6 Å². The van der Waals surface area contributed by atoms with Crippen LogP contribution >= 0.6 is 0 Å². The number of alkyl halides is 2. The van der Waals surface area contributed by atoms with E-state index in [9.17, 15) is 13.9 Å². The fourth-order valence-electron chi connectivity index (χ4n) is 2.27. The second-order valence-corrected chi connectivity index (χ2v) is 5.65. The van der Waals surface area contributed by atoms with Crippen LogP contribution < -0.4 is 20.1 Å². The molecule has 0 saturated carbocycles. The van der Waals surface area contributed by atoms with Gasteiger partial charge in [0.05, 0.1) is 25.4 Å². The zero-order chi connectivity index (χ0) is 20.2. The lowest BCUT2D eigenvalue weighted by atomic mass is 10.1. The molecule has 1 heterocycles. The number of aliphatic hydroxyl groups is 1. The number of aromatic nitrogens is 1. The normalized spacial score (nSPS) is 12.5. The molecule has 9 heteroatoms. The molecule has 1 aromatic heterocycles. The first kappa shape index (κ1) is 21.4. The van der Waals surface area contributed by atoms with E-state index < -0.39 is 12.7 Å². The summed E-state index contributed by atoms with van der Waals surface area (Å²) in [5.74, 6) is 1.26. The summed E-state index contributed by atoms with van der Waals surface area (Å²) in [7, 11) is 0. The summed E-state index contributed by atoms with van der Waals surface area (Å²) in [4.78, 5) is 8.30. The summed E-state index contributed by atoms with van der Waals surface area (Å²) < 4.78 is 34.2. The van der Waals surface area contributed by atoms with Crippen LogP contribution in [0.25, 0.3) is 0 Å². The van der Waals surface area contributed by atoms with Crippen LogP contribution in [0, 0.1) is 0 Å². The SMILES string of the molecule is CCNC(=NCC(O)c1ccc(OC(F)F)cc1)NCCOc1cccnc1. The summed E-state index contributed by atoms with van der Waals surface area (Å²) >= 11 is 0. The topological polar surface area (TPSA) is 88.0 Å². The number of pyridine rings is 1. The Kier molecular flexibility index (Phi) is 8.93. The summed E-state index contributed by atoms with van der Waals surface area (Å²) in [6.45, 7) is 0.748. The predicted molar refractivity (Wildman–Crippen MR) is 102 cm³/mol. The molecule has 2 rings (SSSR count). The lowest BCUT2D eigenvalue weighted by molar-refractivity contribution is -0.0498. The van der Waals surface area contributed by atoms with Crippen LogP contribution in [0.4, 0.5) is 8.78 Å². The molecule has 1 aromatic carbocycles. The van der Waals surface area contributed by atoms with Crippen LogP contribution in [-0.2, 0) is 0 Å². The Labute approximate surface area is 162 Å². The zero-order valence-electron chi connectivity index (χ0n) is 15.5. The van der Waals surface area contributed by atoms with E-state index in [4.69, 9.17) is 4.74 Å². The maximum absolute atomic E-state index is 12.2. The number of hydrogen-bond acceptors (Lipinski definition) is 5. The number of nitrogens with zero attached hydrogens (tertiary/aromatic N) is 2. The minimum Gasteiger partial charge on any atom is -0.490 e. The van der Waals surface area contributed by atoms with Gasteiger partial charge in [-0.2, -0.15) is 8.78 Å². The van der Waals surface area contributed by atoms with Crippen molar-refractivity contribution in [2.24, 2.45) is 4.99 Å². The summed E-state index contributed by atoms with van der Waals surface area (Å²) in [5.41, 5.74) is 0.557. The lowest BCUT2D eigenvalue weighted by Gasteiger charge is -2.14. The number of halogens is 2. The van der Waals surface area contributed by atoms with Gasteiger partial charge in [0, 0.05) is 12.7 Å². The monoisotopic (exact) mass is 394 g/mol. The molecule has 0 aliphatic heterocycles. The molecule has 0 amide bonds. The van der Waals surface area contributed by atoms with Gasteiger partial charge in [-0.15, -0.1) is 0 Å². The van der Waals surface area contributed by atoms with Crippen LogP contribution in [0.3, 0.4) is 0 Å². The molecule has 28 heavy (non-hydrogen) atoms. The predicted octanol–water partition coefficient (Wildman–Crippen LogP) is 2.35. The summed E-state index contributed by atoms with van der Waals surface area (Å²) in [6.07, 6.45) is 2.43. The van der Waals surface area contributed by atoms with Gasteiger partial charge in [-0.1, -0.05) is 12.1 Å². The smallest absolute Gasteiger partial charge is 0.387 e. The lowest BCUT2D eigenvalue weighted by Crippen LogP contribution is -2.39. The van der Waals surface area contributed by atoms with Crippen molar-refractivity contribution in [1.29, 1.82) is 0 Å². The Morgan fingerprint density at radius 3 is 2.61 bits per heavy atom. The molecule has 7 nitrogen and oxygen atoms in total. The summed E-state index contributed by atoms with van der Waals surface area (Å²) in [6, 6.07) is 9.43. The molecule has 0 spiro atoms. The molecule has 0 radical (unpaired) electrons. The molecule has 0 fully saturated rings. The zero-order valence-corrected chi connectivity index (χ0v) is 15.5. The van der Waals surface area contributed by atoms with Crippen molar-refractivity contribution < 1.29 is 23.4 Å². The number of ether oxygens (including phenoxy) is 2. The first-order valence-corrected chi connectivity index (χ1v) is 8.86. The molecule has 3 N–H and O–H groups in total. The molecule has 152 valence electrons. The third-order valence-electron chi connectivity index (χ3n) is 3.55. The molecule has 0 aliphatic carbocycles. The minimum atomic E-state index is -2.88. The average Bonchev–Trinajstić information content (AvgIpc) is 2.70. The van der Waals surface area contributed by atoms with Crippen LogP contribution in [-0.4, -0.2) is 48.9 Å². The average molecular weight is 394 g/mol. The Bertz CT molecular complexity index is 715. The van der Waals surface area contributed by atoms with Crippen LogP contribution in [0.2, 0.25) is 0 Å². The van der Waals surface area contributed by atoms with Crippen molar-refractivity contribution in [3.63, 3.8) is 0 Å². The van der Waals surface area contributed by atoms with Crippen molar-refractivity contribution in [3.8, 4) is 11.5 Å². The summed E-state index contributed by atoms with van der Waals surface area (Å²) in [5, 5.41) is 16.4. The van der Waals surface area contributed by atoms with Crippen molar-refractivity contribution in [1.82, 2.24) is 15.6 Å². The number of guanidine groups is 1.